The number of benzene rings is 2. The van der Waals surface area contributed by atoms with Crippen molar-refractivity contribution in [1.29, 1.82) is 0 Å². The van der Waals surface area contributed by atoms with Crippen LogP contribution in [0.4, 0.5) is 11.4 Å². The first-order valence-electron chi connectivity index (χ1n) is 7.57. The zero-order valence-corrected chi connectivity index (χ0v) is 12.9. The molecule has 0 bridgehead atoms. The molecule has 0 saturated carbocycles. The lowest BCUT2D eigenvalue weighted by molar-refractivity contribution is 0.319. The molecule has 0 spiro atoms. The van der Waals surface area contributed by atoms with Crippen molar-refractivity contribution in [3.63, 3.8) is 0 Å². The lowest BCUT2D eigenvalue weighted by Crippen LogP contribution is -2.04. The Bertz CT molecular complexity index is 581. The van der Waals surface area contributed by atoms with E-state index in [1.54, 1.807) is 0 Å². The Hall–Kier alpha value is -2.16. The van der Waals surface area contributed by atoms with Gasteiger partial charge in [0.15, 0.2) is 0 Å². The van der Waals surface area contributed by atoms with Gasteiger partial charge in [-0.3, -0.25) is 0 Å². The van der Waals surface area contributed by atoms with E-state index in [1.807, 2.05) is 18.2 Å². The van der Waals surface area contributed by atoms with E-state index in [1.165, 1.54) is 11.1 Å². The number of ether oxygens (including phenoxy) is 1. The van der Waals surface area contributed by atoms with Crippen LogP contribution in [0.25, 0.3) is 0 Å². The highest BCUT2D eigenvalue weighted by molar-refractivity contribution is 5.61. The standard InChI is InChI=1S/C18H24N2O/c1-3-11-21-18-12-16(9-10-17(18)19)20-13-15-8-6-5-7-14(15)4-2/h5-10,12,20H,3-4,11,13,19H2,1-2H3. The summed E-state index contributed by atoms with van der Waals surface area (Å²) >= 11 is 0. The molecule has 3 N–H and O–H groups in total. The van der Waals surface area contributed by atoms with Crippen molar-refractivity contribution in [2.24, 2.45) is 0 Å². The lowest BCUT2D eigenvalue weighted by atomic mass is 10.1. The third kappa shape index (κ3) is 4.15. The number of nitrogens with one attached hydrogen (secondary N) is 1. The molecule has 0 amide bonds. The first kappa shape index (κ1) is 15.2. The Kier molecular flexibility index (Phi) is 5.50. The minimum Gasteiger partial charge on any atom is -0.491 e. The van der Waals surface area contributed by atoms with Crippen LogP contribution in [0.3, 0.4) is 0 Å². The van der Waals surface area contributed by atoms with Crippen LogP contribution in [0.15, 0.2) is 42.5 Å². The van der Waals surface area contributed by atoms with Crippen LogP contribution >= 0.6 is 0 Å². The molecule has 21 heavy (non-hydrogen) atoms. The van der Waals surface area contributed by atoms with E-state index in [2.05, 4.69) is 43.4 Å². The van der Waals surface area contributed by atoms with E-state index in [9.17, 15) is 0 Å². The van der Waals surface area contributed by atoms with Crippen LogP contribution < -0.4 is 15.8 Å². The molecule has 0 aromatic heterocycles. The summed E-state index contributed by atoms with van der Waals surface area (Å²) in [5.74, 6) is 0.755. The molecule has 2 rings (SSSR count). The van der Waals surface area contributed by atoms with Crippen molar-refractivity contribution in [3.05, 3.63) is 53.6 Å². The number of hydrogen-bond donors (Lipinski definition) is 2. The molecule has 0 saturated heterocycles. The van der Waals surface area contributed by atoms with Gasteiger partial charge in [0.25, 0.3) is 0 Å². The second-order valence-corrected chi connectivity index (χ2v) is 5.08. The fourth-order valence-electron chi connectivity index (χ4n) is 2.25. The topological polar surface area (TPSA) is 47.3 Å². The van der Waals surface area contributed by atoms with E-state index in [0.717, 1.165) is 30.8 Å². The van der Waals surface area contributed by atoms with Crippen molar-refractivity contribution in [2.75, 3.05) is 17.7 Å². The van der Waals surface area contributed by atoms with Crippen molar-refractivity contribution >= 4 is 11.4 Å². The third-order valence-electron chi connectivity index (χ3n) is 3.46. The molecule has 0 aliphatic heterocycles. The zero-order chi connectivity index (χ0) is 15.1. The molecule has 0 aliphatic carbocycles. The maximum Gasteiger partial charge on any atom is 0.144 e. The van der Waals surface area contributed by atoms with E-state index >= 15 is 0 Å². The molecule has 0 unspecified atom stereocenters. The number of rotatable bonds is 7. The fourth-order valence-corrected chi connectivity index (χ4v) is 2.25. The van der Waals surface area contributed by atoms with Gasteiger partial charge in [0, 0.05) is 18.3 Å². The Morgan fingerprint density at radius 1 is 1.05 bits per heavy atom. The van der Waals surface area contributed by atoms with Gasteiger partial charge in [-0.15, -0.1) is 0 Å². The van der Waals surface area contributed by atoms with Gasteiger partial charge in [-0.05, 0) is 36.1 Å². The van der Waals surface area contributed by atoms with Crippen LogP contribution in [0.1, 0.15) is 31.4 Å². The van der Waals surface area contributed by atoms with Crippen LogP contribution in [0.5, 0.6) is 5.75 Å². The summed E-state index contributed by atoms with van der Waals surface area (Å²) in [5.41, 5.74) is 10.3. The highest BCUT2D eigenvalue weighted by Gasteiger charge is 2.04. The molecule has 2 aromatic carbocycles. The SMILES string of the molecule is CCCOc1cc(NCc2ccccc2CC)ccc1N. The summed E-state index contributed by atoms with van der Waals surface area (Å²) in [5, 5.41) is 3.44. The van der Waals surface area contributed by atoms with Gasteiger partial charge in [-0.2, -0.15) is 0 Å². The summed E-state index contributed by atoms with van der Waals surface area (Å²) in [6, 6.07) is 14.4. The second-order valence-electron chi connectivity index (χ2n) is 5.08. The van der Waals surface area contributed by atoms with Crippen LogP contribution in [0.2, 0.25) is 0 Å². The number of anilines is 2. The second kappa shape index (κ2) is 7.58. The fraction of sp³-hybridized carbons (Fsp3) is 0.333. The van der Waals surface area contributed by atoms with Gasteiger partial charge in [0.1, 0.15) is 5.75 Å². The van der Waals surface area contributed by atoms with Crippen molar-refractivity contribution in [1.82, 2.24) is 0 Å². The van der Waals surface area contributed by atoms with Crippen molar-refractivity contribution in [2.45, 2.75) is 33.2 Å². The molecule has 112 valence electrons. The molecule has 2 aromatic rings. The lowest BCUT2D eigenvalue weighted by Gasteiger charge is -2.13. The summed E-state index contributed by atoms with van der Waals surface area (Å²) in [4.78, 5) is 0. The predicted molar refractivity (Wildman–Crippen MR) is 89.8 cm³/mol. The smallest absolute Gasteiger partial charge is 0.144 e. The quantitative estimate of drug-likeness (QED) is 0.748. The molecule has 0 heterocycles. The van der Waals surface area contributed by atoms with E-state index in [0.29, 0.717) is 12.3 Å². The number of hydrogen-bond acceptors (Lipinski definition) is 3. The van der Waals surface area contributed by atoms with Gasteiger partial charge in [0.2, 0.25) is 0 Å². The average Bonchev–Trinajstić information content (AvgIpc) is 2.53. The van der Waals surface area contributed by atoms with Gasteiger partial charge in [-0.25, -0.2) is 0 Å². The number of aryl methyl sites for hydroxylation is 1. The molecule has 0 aliphatic rings. The molecule has 0 radical (unpaired) electrons. The van der Waals surface area contributed by atoms with E-state index < -0.39 is 0 Å². The van der Waals surface area contributed by atoms with Crippen LogP contribution in [0, 0.1) is 0 Å². The number of nitrogen functional groups attached to an aromatic ring is 1. The van der Waals surface area contributed by atoms with Crippen LogP contribution in [-0.2, 0) is 13.0 Å². The Balaban J connectivity index is 2.06. The first-order valence-corrected chi connectivity index (χ1v) is 7.57. The summed E-state index contributed by atoms with van der Waals surface area (Å²) in [7, 11) is 0. The van der Waals surface area contributed by atoms with E-state index in [4.69, 9.17) is 10.5 Å². The monoisotopic (exact) mass is 284 g/mol. The first-order chi connectivity index (χ1) is 10.2. The minimum absolute atomic E-state index is 0.683. The molecule has 0 fully saturated rings. The molecule has 3 heteroatoms. The van der Waals surface area contributed by atoms with Crippen molar-refractivity contribution in [3.8, 4) is 5.75 Å². The van der Waals surface area contributed by atoms with Gasteiger partial charge in [0.05, 0.1) is 12.3 Å². The molecular weight excluding hydrogens is 260 g/mol. The third-order valence-corrected chi connectivity index (χ3v) is 3.46. The number of nitrogens with two attached hydrogens (primary N) is 1. The molecule has 3 nitrogen and oxygen atoms in total. The normalized spacial score (nSPS) is 10.4. The van der Waals surface area contributed by atoms with Gasteiger partial charge >= 0.3 is 0 Å². The highest BCUT2D eigenvalue weighted by atomic mass is 16.5. The van der Waals surface area contributed by atoms with Gasteiger partial charge in [-0.1, -0.05) is 38.1 Å². The Labute approximate surface area is 127 Å². The van der Waals surface area contributed by atoms with Crippen molar-refractivity contribution < 1.29 is 4.74 Å². The Morgan fingerprint density at radius 3 is 2.52 bits per heavy atom. The molecule has 0 atom stereocenters. The van der Waals surface area contributed by atoms with E-state index in [-0.39, 0.29) is 0 Å². The summed E-state index contributed by atoms with van der Waals surface area (Å²) < 4.78 is 5.66. The Morgan fingerprint density at radius 2 is 1.81 bits per heavy atom. The summed E-state index contributed by atoms with van der Waals surface area (Å²) in [6.45, 7) is 5.76. The zero-order valence-electron chi connectivity index (χ0n) is 12.9. The largest absolute Gasteiger partial charge is 0.491 e. The maximum atomic E-state index is 5.93. The maximum absolute atomic E-state index is 5.93. The predicted octanol–water partition coefficient (Wildman–Crippen LogP) is 4.23. The van der Waals surface area contributed by atoms with Gasteiger partial charge < -0.3 is 15.8 Å². The average molecular weight is 284 g/mol. The highest BCUT2D eigenvalue weighted by Crippen LogP contribution is 2.26. The molecular formula is C18H24N2O. The minimum atomic E-state index is 0.683. The van der Waals surface area contributed by atoms with Crippen LogP contribution in [-0.4, -0.2) is 6.61 Å². The summed E-state index contributed by atoms with van der Waals surface area (Å²) in [6.07, 6.45) is 2.02.